The van der Waals surface area contributed by atoms with Crippen molar-refractivity contribution in [3.8, 4) is 0 Å². The van der Waals surface area contributed by atoms with Gasteiger partial charge in [0, 0.05) is 6.42 Å². The SMILES string of the molecule is CCCCCCCCCCCCCCCCCCC1=[N+](CC)CCN1NC(=O)CCCCCCCCCCCCCCC. The van der Waals surface area contributed by atoms with E-state index in [1.165, 1.54) is 186 Å². The van der Waals surface area contributed by atoms with E-state index < -0.39 is 0 Å². The highest BCUT2D eigenvalue weighted by atomic mass is 16.2. The van der Waals surface area contributed by atoms with Gasteiger partial charge in [-0.2, -0.15) is 10.4 Å². The normalized spacial score (nSPS) is 13.4. The molecule has 0 aromatic heterocycles. The number of rotatable bonds is 33. The first-order valence-corrected chi connectivity index (χ1v) is 19.9. The van der Waals surface area contributed by atoms with Crippen LogP contribution in [0.5, 0.6) is 0 Å². The van der Waals surface area contributed by atoms with Crippen LogP contribution in [0.2, 0.25) is 0 Å². The second kappa shape index (κ2) is 30.9. The first kappa shape index (κ1) is 40.0. The van der Waals surface area contributed by atoms with Crippen LogP contribution in [0.1, 0.15) is 220 Å². The van der Waals surface area contributed by atoms with E-state index in [-0.39, 0.29) is 5.91 Å². The topological polar surface area (TPSA) is 35.4 Å². The van der Waals surface area contributed by atoms with Crippen LogP contribution in [0.3, 0.4) is 0 Å². The number of amidine groups is 1. The fourth-order valence-corrected chi connectivity index (χ4v) is 6.74. The molecule has 0 bridgehead atoms. The lowest BCUT2D eigenvalue weighted by Gasteiger charge is -2.14. The Balaban J connectivity index is 1.99. The number of likely N-dealkylation sites (N-methyl/N-ethyl adjacent to an activating group) is 1. The number of hydrogen-bond donors (Lipinski definition) is 1. The van der Waals surface area contributed by atoms with Gasteiger partial charge in [-0.05, 0) is 19.8 Å². The highest BCUT2D eigenvalue weighted by molar-refractivity contribution is 5.83. The molecule has 4 nitrogen and oxygen atoms in total. The van der Waals surface area contributed by atoms with Gasteiger partial charge in [0.15, 0.2) is 0 Å². The van der Waals surface area contributed by atoms with Crippen molar-refractivity contribution >= 4 is 11.7 Å². The molecule has 0 aromatic carbocycles. The molecular weight excluding hydrogens is 526 g/mol. The summed E-state index contributed by atoms with van der Waals surface area (Å²) < 4.78 is 2.47. The highest BCUT2D eigenvalue weighted by Gasteiger charge is 2.30. The Kier molecular flexibility index (Phi) is 28.8. The predicted molar refractivity (Wildman–Crippen MR) is 190 cm³/mol. The summed E-state index contributed by atoms with van der Waals surface area (Å²) in [5.41, 5.74) is 3.26. The maximum absolute atomic E-state index is 12.7. The molecule has 0 saturated heterocycles. The number of carbonyl (C=O) groups excluding carboxylic acids is 1. The Labute approximate surface area is 270 Å². The Morgan fingerprint density at radius 1 is 0.535 bits per heavy atom. The summed E-state index contributed by atoms with van der Waals surface area (Å²) in [6.07, 6.45) is 41.8. The molecule has 1 heterocycles. The minimum absolute atomic E-state index is 0.213. The predicted octanol–water partition coefficient (Wildman–Crippen LogP) is 11.9. The van der Waals surface area contributed by atoms with Crippen LogP contribution < -0.4 is 5.43 Å². The van der Waals surface area contributed by atoms with Crippen molar-refractivity contribution < 1.29 is 9.37 Å². The minimum atomic E-state index is 0.213. The smallest absolute Gasteiger partial charge is 0.270 e. The zero-order valence-electron chi connectivity index (χ0n) is 29.8. The fourth-order valence-electron chi connectivity index (χ4n) is 6.74. The molecule has 0 radical (unpaired) electrons. The van der Waals surface area contributed by atoms with Crippen LogP contribution in [0.25, 0.3) is 0 Å². The Morgan fingerprint density at radius 3 is 1.26 bits per heavy atom. The van der Waals surface area contributed by atoms with Crippen LogP contribution in [0.15, 0.2) is 0 Å². The monoisotopic (exact) mass is 605 g/mol. The third-order valence-electron chi connectivity index (χ3n) is 9.67. The van der Waals surface area contributed by atoms with Gasteiger partial charge in [-0.3, -0.25) is 9.37 Å². The van der Waals surface area contributed by atoms with E-state index in [1.54, 1.807) is 0 Å². The Bertz CT molecular complexity index is 646. The summed E-state index contributed by atoms with van der Waals surface area (Å²) in [6.45, 7) is 9.85. The molecule has 0 fully saturated rings. The standard InChI is InChI=1S/C39H77N3O/c1-4-7-9-11-13-15-17-19-20-21-23-25-27-29-31-33-35-39-41(6-3)36-37-42(39)40-38(43)34-32-30-28-26-24-22-18-16-14-12-10-8-5-2/h4-37H2,1-3H3/p+1. The largest absolute Gasteiger partial charge is 0.272 e. The number of amides is 1. The first-order chi connectivity index (χ1) is 21.2. The number of carbonyl (C=O) groups is 1. The first-order valence-electron chi connectivity index (χ1n) is 19.9. The van der Waals surface area contributed by atoms with Crippen LogP contribution in [0.4, 0.5) is 0 Å². The molecular formula is C39H78N3O+. The number of hydrazine groups is 1. The lowest BCUT2D eigenvalue weighted by atomic mass is 10.0. The summed E-state index contributed by atoms with van der Waals surface area (Å²) in [5, 5.41) is 2.18. The maximum atomic E-state index is 12.7. The van der Waals surface area contributed by atoms with Gasteiger partial charge in [0.2, 0.25) is 0 Å². The van der Waals surface area contributed by atoms with Crippen LogP contribution in [-0.4, -0.2) is 41.0 Å². The zero-order chi connectivity index (χ0) is 31.1. The number of unbranched alkanes of at least 4 members (excludes halogenated alkanes) is 27. The lowest BCUT2D eigenvalue weighted by Crippen LogP contribution is -2.45. The average molecular weight is 605 g/mol. The molecule has 1 N–H and O–H groups in total. The summed E-state index contributed by atoms with van der Waals surface area (Å²) >= 11 is 0. The second-order valence-corrected chi connectivity index (χ2v) is 13.7. The third-order valence-corrected chi connectivity index (χ3v) is 9.67. The molecule has 1 amide bonds. The van der Waals surface area contributed by atoms with Crippen molar-refractivity contribution in [1.29, 1.82) is 0 Å². The molecule has 0 atom stereocenters. The van der Waals surface area contributed by atoms with E-state index in [2.05, 4.69) is 35.8 Å². The van der Waals surface area contributed by atoms with E-state index in [0.717, 1.165) is 32.5 Å². The van der Waals surface area contributed by atoms with E-state index in [1.807, 2.05) is 0 Å². The molecule has 0 unspecified atom stereocenters. The van der Waals surface area contributed by atoms with Gasteiger partial charge in [-0.1, -0.05) is 187 Å². The minimum Gasteiger partial charge on any atom is -0.272 e. The molecule has 0 aliphatic carbocycles. The highest BCUT2D eigenvalue weighted by Crippen LogP contribution is 2.16. The van der Waals surface area contributed by atoms with Gasteiger partial charge in [-0.15, -0.1) is 0 Å². The molecule has 0 aromatic rings. The molecule has 1 aliphatic heterocycles. The summed E-state index contributed by atoms with van der Waals surface area (Å²) in [7, 11) is 0. The van der Waals surface area contributed by atoms with Gasteiger partial charge in [0.25, 0.3) is 11.7 Å². The third kappa shape index (κ3) is 23.9. The van der Waals surface area contributed by atoms with Gasteiger partial charge in [-0.25, -0.2) is 0 Å². The van der Waals surface area contributed by atoms with Gasteiger partial charge < -0.3 is 0 Å². The fraction of sp³-hybridized carbons (Fsp3) is 0.949. The van der Waals surface area contributed by atoms with Crippen LogP contribution in [0, 0.1) is 0 Å². The van der Waals surface area contributed by atoms with Crippen molar-refractivity contribution in [3.63, 3.8) is 0 Å². The molecule has 1 aliphatic rings. The molecule has 1 rings (SSSR count). The molecule has 4 heteroatoms. The van der Waals surface area contributed by atoms with Crippen LogP contribution >= 0.6 is 0 Å². The van der Waals surface area contributed by atoms with Gasteiger partial charge >= 0.3 is 0 Å². The number of nitrogens with one attached hydrogen (secondary N) is 1. The van der Waals surface area contributed by atoms with Crippen LogP contribution in [-0.2, 0) is 4.79 Å². The summed E-state index contributed by atoms with van der Waals surface area (Å²) in [6, 6.07) is 0. The van der Waals surface area contributed by atoms with E-state index in [0.29, 0.717) is 6.42 Å². The lowest BCUT2D eigenvalue weighted by molar-refractivity contribution is -0.515. The quantitative estimate of drug-likeness (QED) is 0.0597. The van der Waals surface area contributed by atoms with Gasteiger partial charge in [0.05, 0.1) is 13.0 Å². The van der Waals surface area contributed by atoms with Gasteiger partial charge in [0.1, 0.15) is 13.1 Å². The number of hydrogen-bond acceptors (Lipinski definition) is 2. The van der Waals surface area contributed by atoms with E-state index >= 15 is 0 Å². The molecule has 254 valence electrons. The second-order valence-electron chi connectivity index (χ2n) is 13.7. The van der Waals surface area contributed by atoms with Crippen molar-refractivity contribution in [2.24, 2.45) is 0 Å². The Morgan fingerprint density at radius 2 is 0.884 bits per heavy atom. The molecule has 43 heavy (non-hydrogen) atoms. The van der Waals surface area contributed by atoms with E-state index in [9.17, 15) is 4.79 Å². The van der Waals surface area contributed by atoms with Crippen molar-refractivity contribution in [1.82, 2.24) is 10.4 Å². The van der Waals surface area contributed by atoms with Crippen molar-refractivity contribution in [2.45, 2.75) is 220 Å². The molecule has 0 saturated carbocycles. The van der Waals surface area contributed by atoms with Crippen molar-refractivity contribution in [2.75, 3.05) is 19.6 Å². The zero-order valence-corrected chi connectivity index (χ0v) is 29.8. The van der Waals surface area contributed by atoms with E-state index in [4.69, 9.17) is 0 Å². The summed E-state index contributed by atoms with van der Waals surface area (Å²) in [4.78, 5) is 12.7. The summed E-state index contributed by atoms with van der Waals surface area (Å²) in [5.74, 6) is 1.57. The maximum Gasteiger partial charge on any atom is 0.270 e. The Hall–Kier alpha value is -1.06. The van der Waals surface area contributed by atoms with Crippen molar-refractivity contribution in [3.05, 3.63) is 0 Å². The molecule has 0 spiro atoms. The number of nitrogens with zero attached hydrogens (tertiary/aromatic N) is 2. The average Bonchev–Trinajstić information content (AvgIpc) is 3.40.